The number of aromatic hydroxyl groups is 1. The van der Waals surface area contributed by atoms with Crippen LogP contribution < -0.4 is 10.9 Å². The topological polar surface area (TPSA) is 87.5 Å². The Balaban J connectivity index is 1.85. The van der Waals surface area contributed by atoms with Crippen molar-refractivity contribution in [2.24, 2.45) is 0 Å². The van der Waals surface area contributed by atoms with Gasteiger partial charge in [-0.1, -0.05) is 31.2 Å². The molecule has 7 nitrogen and oxygen atoms in total. The van der Waals surface area contributed by atoms with Gasteiger partial charge in [0.15, 0.2) is 5.69 Å². The van der Waals surface area contributed by atoms with Crippen molar-refractivity contribution in [3.05, 3.63) is 57.3 Å². The third-order valence-corrected chi connectivity index (χ3v) is 5.05. The van der Waals surface area contributed by atoms with Crippen LogP contribution in [0.1, 0.15) is 53.2 Å². The molecule has 0 spiro atoms. The molecule has 1 aliphatic heterocycles. The second-order valence-electron chi connectivity index (χ2n) is 7.10. The number of carbonyl (C=O) groups excluding carboxylic acids is 1. The monoisotopic (exact) mass is 370 g/mol. The van der Waals surface area contributed by atoms with E-state index in [0.29, 0.717) is 18.9 Å². The maximum Gasteiger partial charge on any atom is 0.296 e. The average Bonchev–Trinajstić information content (AvgIpc) is 2.68. The summed E-state index contributed by atoms with van der Waals surface area (Å²) in [6.45, 7) is 2.89. The molecular weight excluding hydrogens is 344 g/mol. The lowest BCUT2D eigenvalue weighted by Gasteiger charge is -2.30. The van der Waals surface area contributed by atoms with Gasteiger partial charge in [-0.2, -0.15) is 0 Å². The van der Waals surface area contributed by atoms with E-state index in [1.54, 1.807) is 0 Å². The Bertz CT molecular complexity index is 887. The second kappa shape index (κ2) is 7.92. The van der Waals surface area contributed by atoms with Crippen LogP contribution in [0.2, 0.25) is 0 Å². The minimum atomic E-state index is -0.586. The lowest BCUT2D eigenvalue weighted by atomic mass is 10.1. The number of rotatable bonds is 5. The Kier molecular flexibility index (Phi) is 5.60. The number of aryl methyl sites for hydroxylation is 1. The van der Waals surface area contributed by atoms with E-state index in [9.17, 15) is 14.7 Å². The highest BCUT2D eigenvalue weighted by Gasteiger charge is 2.29. The minimum Gasteiger partial charge on any atom is -0.501 e. The van der Waals surface area contributed by atoms with Crippen LogP contribution in [-0.2, 0) is 19.5 Å². The number of nitrogens with one attached hydrogen (secondary N) is 1. The van der Waals surface area contributed by atoms with Gasteiger partial charge >= 0.3 is 0 Å². The number of fused-ring (bicyclic) bond motifs is 1. The molecule has 7 heteroatoms. The molecule has 0 bridgehead atoms. The van der Waals surface area contributed by atoms with Crippen molar-refractivity contribution >= 4 is 5.91 Å². The molecule has 27 heavy (non-hydrogen) atoms. The number of hydrogen-bond acceptors (Lipinski definition) is 5. The Hall–Kier alpha value is -2.67. The summed E-state index contributed by atoms with van der Waals surface area (Å²) in [5.74, 6) is -0.598. The van der Waals surface area contributed by atoms with Gasteiger partial charge in [0.2, 0.25) is 5.75 Å². The number of hydrogen-bond donors (Lipinski definition) is 2. The van der Waals surface area contributed by atoms with Crippen molar-refractivity contribution in [2.75, 3.05) is 14.1 Å². The van der Waals surface area contributed by atoms with Gasteiger partial charge in [-0.25, -0.2) is 4.98 Å². The van der Waals surface area contributed by atoms with Crippen molar-refractivity contribution in [1.29, 1.82) is 0 Å². The van der Waals surface area contributed by atoms with E-state index in [-0.39, 0.29) is 11.7 Å². The number of benzene rings is 1. The van der Waals surface area contributed by atoms with Gasteiger partial charge < -0.3 is 10.4 Å². The molecule has 1 unspecified atom stereocenters. The van der Waals surface area contributed by atoms with E-state index in [1.807, 2.05) is 43.3 Å². The third-order valence-electron chi connectivity index (χ3n) is 5.05. The van der Waals surface area contributed by atoms with Crippen LogP contribution in [0.4, 0.5) is 0 Å². The fourth-order valence-corrected chi connectivity index (χ4v) is 3.41. The first-order chi connectivity index (χ1) is 12.9. The van der Waals surface area contributed by atoms with Crippen molar-refractivity contribution in [3.8, 4) is 5.75 Å². The predicted molar refractivity (Wildman–Crippen MR) is 103 cm³/mol. The highest BCUT2D eigenvalue weighted by molar-refractivity contribution is 5.94. The van der Waals surface area contributed by atoms with E-state index in [4.69, 9.17) is 0 Å². The summed E-state index contributed by atoms with van der Waals surface area (Å²) >= 11 is 0. The van der Waals surface area contributed by atoms with Crippen molar-refractivity contribution in [2.45, 2.75) is 45.3 Å². The van der Waals surface area contributed by atoms with E-state index in [2.05, 4.69) is 17.2 Å². The normalized spacial score (nSPS) is 16.2. The van der Waals surface area contributed by atoms with Gasteiger partial charge in [0.1, 0.15) is 5.82 Å². The standard InChI is InChI=1S/C20H26N4O3/c1-4-13-7-9-14(10-8-13)12-21-19(26)16-17(25)20(27)24-11-5-6-15(23(2)3)18(24)22-16/h7-10,15,25H,4-6,11-12H2,1-3H3,(H,21,26). The first-order valence-electron chi connectivity index (χ1n) is 9.28. The number of amides is 1. The minimum absolute atomic E-state index is 0.0554. The van der Waals surface area contributed by atoms with Crippen LogP contribution in [0.15, 0.2) is 29.1 Å². The average molecular weight is 370 g/mol. The van der Waals surface area contributed by atoms with E-state index in [0.717, 1.165) is 24.8 Å². The lowest BCUT2D eigenvalue weighted by Crippen LogP contribution is -2.37. The molecule has 1 aromatic carbocycles. The van der Waals surface area contributed by atoms with E-state index < -0.39 is 17.2 Å². The highest BCUT2D eigenvalue weighted by Crippen LogP contribution is 2.27. The molecule has 2 N–H and O–H groups in total. The fourth-order valence-electron chi connectivity index (χ4n) is 3.41. The van der Waals surface area contributed by atoms with Gasteiger partial charge in [-0.3, -0.25) is 19.1 Å². The zero-order valence-corrected chi connectivity index (χ0v) is 16.0. The van der Waals surface area contributed by atoms with E-state index >= 15 is 0 Å². The predicted octanol–water partition coefficient (Wildman–Crippen LogP) is 1.84. The zero-order valence-electron chi connectivity index (χ0n) is 16.0. The maximum absolute atomic E-state index is 12.6. The summed E-state index contributed by atoms with van der Waals surface area (Å²) in [6, 6.07) is 7.89. The van der Waals surface area contributed by atoms with Crippen molar-refractivity contribution in [1.82, 2.24) is 19.8 Å². The van der Waals surface area contributed by atoms with Crippen LogP contribution in [0.25, 0.3) is 0 Å². The molecule has 2 heterocycles. The Morgan fingerprint density at radius 3 is 2.59 bits per heavy atom. The van der Waals surface area contributed by atoms with Gasteiger partial charge in [0, 0.05) is 13.1 Å². The Morgan fingerprint density at radius 2 is 1.96 bits per heavy atom. The van der Waals surface area contributed by atoms with Gasteiger partial charge in [0.25, 0.3) is 11.5 Å². The van der Waals surface area contributed by atoms with Crippen LogP contribution in [0.5, 0.6) is 5.75 Å². The molecule has 0 fully saturated rings. The first-order valence-corrected chi connectivity index (χ1v) is 9.28. The molecule has 1 aromatic heterocycles. The number of nitrogens with zero attached hydrogens (tertiary/aromatic N) is 3. The van der Waals surface area contributed by atoms with Crippen LogP contribution in [-0.4, -0.2) is 39.6 Å². The second-order valence-corrected chi connectivity index (χ2v) is 7.10. The Labute approximate surface area is 158 Å². The lowest BCUT2D eigenvalue weighted by molar-refractivity contribution is 0.0940. The highest BCUT2D eigenvalue weighted by atomic mass is 16.3. The van der Waals surface area contributed by atoms with Gasteiger partial charge in [-0.15, -0.1) is 0 Å². The van der Waals surface area contributed by atoms with Gasteiger partial charge in [0.05, 0.1) is 6.04 Å². The Morgan fingerprint density at radius 1 is 1.30 bits per heavy atom. The summed E-state index contributed by atoms with van der Waals surface area (Å²) in [6.07, 6.45) is 2.64. The van der Waals surface area contributed by atoms with Crippen LogP contribution in [0, 0.1) is 0 Å². The first kappa shape index (κ1) is 19.1. The summed E-state index contributed by atoms with van der Waals surface area (Å²) in [5, 5.41) is 13.0. The number of aromatic nitrogens is 2. The molecule has 0 radical (unpaired) electrons. The van der Waals surface area contributed by atoms with Gasteiger partial charge in [-0.05, 0) is 44.5 Å². The van der Waals surface area contributed by atoms with Crippen LogP contribution >= 0.6 is 0 Å². The zero-order chi connectivity index (χ0) is 19.6. The molecule has 144 valence electrons. The molecule has 3 rings (SSSR count). The molecule has 0 saturated carbocycles. The molecule has 1 atom stereocenters. The SMILES string of the molecule is CCc1ccc(CNC(=O)c2nc3n(c(=O)c2O)CCCC3N(C)C)cc1. The smallest absolute Gasteiger partial charge is 0.296 e. The molecule has 2 aromatic rings. The molecule has 1 amide bonds. The number of carbonyl (C=O) groups is 1. The summed E-state index contributed by atoms with van der Waals surface area (Å²) < 4.78 is 1.48. The molecular formula is C20H26N4O3. The fraction of sp³-hybridized carbons (Fsp3) is 0.450. The quantitative estimate of drug-likeness (QED) is 0.839. The summed E-state index contributed by atoms with van der Waals surface area (Å²) in [4.78, 5) is 31.5. The molecule has 0 aliphatic carbocycles. The summed E-state index contributed by atoms with van der Waals surface area (Å²) in [5.41, 5.74) is 1.41. The maximum atomic E-state index is 12.6. The van der Waals surface area contributed by atoms with Crippen LogP contribution in [0.3, 0.4) is 0 Å². The third kappa shape index (κ3) is 3.88. The molecule has 0 saturated heterocycles. The van der Waals surface area contributed by atoms with E-state index in [1.165, 1.54) is 10.1 Å². The summed E-state index contributed by atoms with van der Waals surface area (Å²) in [7, 11) is 3.83. The van der Waals surface area contributed by atoms with Crippen molar-refractivity contribution in [3.63, 3.8) is 0 Å². The van der Waals surface area contributed by atoms with Crippen molar-refractivity contribution < 1.29 is 9.90 Å². The molecule has 1 aliphatic rings. The largest absolute Gasteiger partial charge is 0.501 e.